The van der Waals surface area contributed by atoms with E-state index in [-0.39, 0.29) is 5.56 Å². The van der Waals surface area contributed by atoms with Gasteiger partial charge >= 0.3 is 0 Å². The van der Waals surface area contributed by atoms with Gasteiger partial charge in [-0.05, 0) is 49.5 Å². The lowest BCUT2D eigenvalue weighted by Crippen LogP contribution is -2.32. The van der Waals surface area contributed by atoms with Gasteiger partial charge in [0.2, 0.25) is 0 Å². The van der Waals surface area contributed by atoms with E-state index in [1.165, 1.54) is 31.5 Å². The van der Waals surface area contributed by atoms with Crippen LogP contribution in [0.25, 0.3) is 22.3 Å². The number of hydrogen-bond acceptors (Lipinski definition) is 3. The molecule has 1 saturated heterocycles. The lowest BCUT2D eigenvalue weighted by molar-refractivity contribution is 0.185. The molecule has 0 saturated carbocycles. The van der Waals surface area contributed by atoms with Gasteiger partial charge in [-0.25, -0.2) is 4.98 Å². The number of nitrogens with one attached hydrogen (secondary N) is 1. The lowest BCUT2D eigenvalue weighted by Gasteiger charge is -2.30. The molecule has 0 unspecified atom stereocenters. The van der Waals surface area contributed by atoms with Crippen LogP contribution in [-0.2, 0) is 6.54 Å². The van der Waals surface area contributed by atoms with Gasteiger partial charge in [0.25, 0.3) is 5.56 Å². The summed E-state index contributed by atoms with van der Waals surface area (Å²) in [6.07, 6.45) is 2.58. The van der Waals surface area contributed by atoms with Gasteiger partial charge in [0, 0.05) is 12.1 Å². The van der Waals surface area contributed by atoms with E-state index in [4.69, 9.17) is 0 Å². The molecule has 4 rings (SSSR count). The second-order valence-electron chi connectivity index (χ2n) is 7.09. The van der Waals surface area contributed by atoms with Crippen molar-refractivity contribution in [3.63, 3.8) is 0 Å². The number of benzene rings is 2. The average Bonchev–Trinajstić information content (AvgIpc) is 2.64. The first-order valence-corrected chi connectivity index (χ1v) is 9.00. The van der Waals surface area contributed by atoms with Crippen molar-refractivity contribution in [3.8, 4) is 11.4 Å². The molecule has 0 radical (unpaired) electrons. The number of nitrogens with zero attached hydrogens (tertiary/aromatic N) is 2. The zero-order valence-corrected chi connectivity index (χ0v) is 14.5. The van der Waals surface area contributed by atoms with Crippen LogP contribution in [0.4, 0.5) is 0 Å². The van der Waals surface area contributed by atoms with Gasteiger partial charge in [-0.3, -0.25) is 9.69 Å². The Kier molecular flexibility index (Phi) is 4.36. The molecule has 0 amide bonds. The number of hydrogen-bond donors (Lipinski definition) is 1. The molecule has 0 spiro atoms. The van der Waals surface area contributed by atoms with Crippen molar-refractivity contribution >= 4 is 10.9 Å². The van der Waals surface area contributed by atoms with Crippen molar-refractivity contribution in [2.75, 3.05) is 13.1 Å². The van der Waals surface area contributed by atoms with Gasteiger partial charge in [-0.2, -0.15) is 0 Å². The van der Waals surface area contributed by atoms with Crippen molar-refractivity contribution in [3.05, 3.63) is 64.4 Å². The molecule has 128 valence electrons. The Labute approximate surface area is 147 Å². The van der Waals surface area contributed by atoms with E-state index in [1.54, 1.807) is 6.07 Å². The van der Waals surface area contributed by atoms with E-state index >= 15 is 0 Å². The van der Waals surface area contributed by atoms with Gasteiger partial charge in [-0.15, -0.1) is 0 Å². The van der Waals surface area contributed by atoms with Crippen LogP contribution in [-0.4, -0.2) is 28.0 Å². The van der Waals surface area contributed by atoms with E-state index in [0.717, 1.165) is 23.5 Å². The normalized spacial score (nSPS) is 16.4. The highest BCUT2D eigenvalue weighted by Crippen LogP contribution is 2.20. The van der Waals surface area contributed by atoms with Crippen molar-refractivity contribution in [1.29, 1.82) is 0 Å². The molecular formula is C21H23N3O. The second kappa shape index (κ2) is 6.81. The Morgan fingerprint density at radius 2 is 1.80 bits per heavy atom. The van der Waals surface area contributed by atoms with Crippen LogP contribution in [0.5, 0.6) is 0 Å². The topological polar surface area (TPSA) is 49.0 Å². The molecule has 4 heteroatoms. The summed E-state index contributed by atoms with van der Waals surface area (Å²) in [6, 6.07) is 15.8. The molecule has 0 aliphatic carbocycles. The largest absolute Gasteiger partial charge is 0.306 e. The quantitative estimate of drug-likeness (QED) is 0.792. The molecule has 4 nitrogen and oxygen atoms in total. The predicted molar refractivity (Wildman–Crippen MR) is 101 cm³/mol. The van der Waals surface area contributed by atoms with E-state index in [2.05, 4.69) is 46.1 Å². The Morgan fingerprint density at radius 3 is 2.56 bits per heavy atom. The molecule has 1 N–H and O–H groups in total. The van der Waals surface area contributed by atoms with Crippen molar-refractivity contribution in [2.45, 2.75) is 26.3 Å². The minimum absolute atomic E-state index is 0.0906. The molecule has 1 fully saturated rings. The summed E-state index contributed by atoms with van der Waals surface area (Å²) in [5.41, 5.74) is 2.89. The van der Waals surface area contributed by atoms with Crippen molar-refractivity contribution in [2.24, 2.45) is 5.92 Å². The van der Waals surface area contributed by atoms with Crippen LogP contribution in [0.15, 0.2) is 53.3 Å². The number of aromatic nitrogens is 2. The number of piperidine rings is 1. The summed E-state index contributed by atoms with van der Waals surface area (Å²) in [7, 11) is 0. The van der Waals surface area contributed by atoms with Gasteiger partial charge < -0.3 is 4.98 Å². The third kappa shape index (κ3) is 3.49. The first-order chi connectivity index (χ1) is 12.2. The monoisotopic (exact) mass is 333 g/mol. The zero-order valence-electron chi connectivity index (χ0n) is 14.5. The Hall–Kier alpha value is -2.46. The predicted octanol–water partition coefficient (Wildman–Crippen LogP) is 3.82. The first-order valence-electron chi connectivity index (χ1n) is 9.00. The molecule has 2 aromatic carbocycles. The van der Waals surface area contributed by atoms with Crippen LogP contribution >= 0.6 is 0 Å². The maximum Gasteiger partial charge on any atom is 0.259 e. The van der Waals surface area contributed by atoms with Gasteiger partial charge in [0.1, 0.15) is 5.82 Å². The fourth-order valence-electron chi connectivity index (χ4n) is 3.47. The number of para-hydroxylation sites is 1. The number of aromatic amines is 1. The maximum atomic E-state index is 12.2. The minimum Gasteiger partial charge on any atom is -0.306 e. The van der Waals surface area contributed by atoms with Gasteiger partial charge in [0.05, 0.1) is 10.9 Å². The number of fused-ring (bicyclic) bond motifs is 1. The molecule has 0 atom stereocenters. The molecule has 2 heterocycles. The summed E-state index contributed by atoms with van der Waals surface area (Å²) < 4.78 is 0. The minimum atomic E-state index is -0.0906. The molecule has 25 heavy (non-hydrogen) atoms. The van der Waals surface area contributed by atoms with Crippen LogP contribution in [0.2, 0.25) is 0 Å². The van der Waals surface area contributed by atoms with E-state index in [0.29, 0.717) is 11.2 Å². The van der Waals surface area contributed by atoms with Gasteiger partial charge in [0.15, 0.2) is 0 Å². The van der Waals surface area contributed by atoms with Crippen LogP contribution in [0.1, 0.15) is 25.3 Å². The highest BCUT2D eigenvalue weighted by Gasteiger charge is 2.15. The summed E-state index contributed by atoms with van der Waals surface area (Å²) in [6.45, 7) is 5.70. The fraction of sp³-hybridized carbons (Fsp3) is 0.333. The fourth-order valence-corrected chi connectivity index (χ4v) is 3.47. The molecule has 1 aliphatic rings. The van der Waals surface area contributed by atoms with Crippen molar-refractivity contribution in [1.82, 2.24) is 14.9 Å². The average molecular weight is 333 g/mol. The molecule has 1 aliphatic heterocycles. The lowest BCUT2D eigenvalue weighted by atomic mass is 9.99. The van der Waals surface area contributed by atoms with E-state index in [1.807, 2.05) is 18.2 Å². The second-order valence-corrected chi connectivity index (χ2v) is 7.09. The number of rotatable bonds is 3. The Morgan fingerprint density at radius 1 is 1.08 bits per heavy atom. The summed E-state index contributed by atoms with van der Waals surface area (Å²) in [5.74, 6) is 1.48. The SMILES string of the molecule is CC1CCN(Cc2ccc(-c3nc4ccccc4c(=O)[nH]3)cc2)CC1. The summed E-state index contributed by atoms with van der Waals surface area (Å²) in [5, 5.41) is 0.627. The zero-order chi connectivity index (χ0) is 17.2. The highest BCUT2D eigenvalue weighted by atomic mass is 16.1. The van der Waals surface area contributed by atoms with Crippen LogP contribution in [0, 0.1) is 5.92 Å². The summed E-state index contributed by atoms with van der Waals surface area (Å²) in [4.78, 5) is 22.2. The molecule has 1 aromatic heterocycles. The van der Waals surface area contributed by atoms with Crippen LogP contribution < -0.4 is 5.56 Å². The number of H-pyrrole nitrogens is 1. The van der Waals surface area contributed by atoms with Crippen molar-refractivity contribution < 1.29 is 0 Å². The third-order valence-corrected chi connectivity index (χ3v) is 5.12. The van der Waals surface area contributed by atoms with Crippen LogP contribution in [0.3, 0.4) is 0 Å². The van der Waals surface area contributed by atoms with Gasteiger partial charge in [-0.1, -0.05) is 43.3 Å². The molecule has 0 bridgehead atoms. The first kappa shape index (κ1) is 16.0. The number of likely N-dealkylation sites (tertiary alicyclic amines) is 1. The third-order valence-electron chi connectivity index (χ3n) is 5.12. The smallest absolute Gasteiger partial charge is 0.259 e. The Bertz CT molecular complexity index is 922. The molecule has 3 aromatic rings. The highest BCUT2D eigenvalue weighted by molar-refractivity contribution is 5.79. The molecular weight excluding hydrogens is 310 g/mol. The Balaban J connectivity index is 1.55. The summed E-state index contributed by atoms with van der Waals surface area (Å²) >= 11 is 0. The van der Waals surface area contributed by atoms with E-state index in [9.17, 15) is 4.79 Å². The standard InChI is InChI=1S/C21H23N3O/c1-15-10-12-24(13-11-15)14-16-6-8-17(9-7-16)20-22-19-5-3-2-4-18(19)21(25)23-20/h2-9,15H,10-14H2,1H3,(H,22,23,25). The maximum absolute atomic E-state index is 12.2. The van der Waals surface area contributed by atoms with E-state index < -0.39 is 0 Å².